The number of hydrogen-bond donors (Lipinski definition) is 1. The van der Waals surface area contributed by atoms with E-state index in [1.54, 1.807) is 6.07 Å². The fourth-order valence-electron chi connectivity index (χ4n) is 2.10. The van der Waals surface area contributed by atoms with Crippen LogP contribution in [0.1, 0.15) is 35.7 Å². The van der Waals surface area contributed by atoms with Gasteiger partial charge in [-0.25, -0.2) is 0 Å². The van der Waals surface area contributed by atoms with Crippen molar-refractivity contribution < 1.29 is 4.79 Å². The zero-order valence-electron chi connectivity index (χ0n) is 9.42. The molecule has 0 radical (unpaired) electrons. The van der Waals surface area contributed by atoms with E-state index in [1.807, 2.05) is 12.1 Å². The van der Waals surface area contributed by atoms with Crippen molar-refractivity contribution in [1.29, 1.82) is 0 Å². The Morgan fingerprint density at radius 1 is 1.56 bits per heavy atom. The zero-order chi connectivity index (χ0) is 11.5. The van der Waals surface area contributed by atoms with Crippen LogP contribution in [-0.2, 0) is 6.42 Å². The van der Waals surface area contributed by atoms with Crippen molar-refractivity contribution in [2.24, 2.45) is 0 Å². The second-order valence-electron chi connectivity index (χ2n) is 4.17. The minimum atomic E-state index is -0.0106. The second kappa shape index (κ2) is 4.98. The van der Waals surface area contributed by atoms with Gasteiger partial charge >= 0.3 is 0 Å². The highest BCUT2D eigenvalue weighted by atomic mass is 35.5. The van der Waals surface area contributed by atoms with Gasteiger partial charge in [0.1, 0.15) is 0 Å². The van der Waals surface area contributed by atoms with Crippen molar-refractivity contribution in [2.75, 3.05) is 6.54 Å². The molecule has 1 unspecified atom stereocenters. The normalized spacial score (nSPS) is 20.0. The highest BCUT2D eigenvalue weighted by Gasteiger charge is 2.23. The van der Waals surface area contributed by atoms with Crippen molar-refractivity contribution in [3.63, 3.8) is 0 Å². The molecule has 1 aromatic rings. The maximum atomic E-state index is 12.1. The lowest BCUT2D eigenvalue weighted by atomic mass is 10.0. The molecule has 2 rings (SSSR count). The molecule has 1 heterocycles. The van der Waals surface area contributed by atoms with E-state index in [2.05, 4.69) is 12.2 Å². The molecule has 1 atom stereocenters. The number of halogens is 1. The van der Waals surface area contributed by atoms with Crippen LogP contribution in [0, 0.1) is 0 Å². The highest BCUT2D eigenvalue weighted by molar-refractivity contribution is 6.31. The molecule has 1 aliphatic heterocycles. The molecule has 1 aromatic carbocycles. The van der Waals surface area contributed by atoms with Crippen molar-refractivity contribution in [3.8, 4) is 0 Å². The molecule has 16 heavy (non-hydrogen) atoms. The standard InChI is InChI=1S/C13H16ClNO/c1-2-9-5-6-10(8-11(9)14)13(16)12-4-3-7-15-12/h5-6,8,12,15H,2-4,7H2,1H3. The van der Waals surface area contributed by atoms with E-state index in [1.165, 1.54) is 0 Å². The Bertz CT molecular complexity index is 397. The van der Waals surface area contributed by atoms with Crippen molar-refractivity contribution in [1.82, 2.24) is 5.32 Å². The first-order chi connectivity index (χ1) is 7.72. The summed E-state index contributed by atoms with van der Waals surface area (Å²) in [4.78, 5) is 12.1. The van der Waals surface area contributed by atoms with Gasteiger partial charge in [-0.15, -0.1) is 0 Å². The molecule has 0 aromatic heterocycles. The number of carbonyl (C=O) groups is 1. The van der Waals surface area contributed by atoms with E-state index >= 15 is 0 Å². The van der Waals surface area contributed by atoms with Crippen molar-refractivity contribution >= 4 is 17.4 Å². The molecule has 0 spiro atoms. The SMILES string of the molecule is CCc1ccc(C(=O)C2CCCN2)cc1Cl. The molecule has 0 amide bonds. The van der Waals surface area contributed by atoms with Gasteiger partial charge in [-0.05, 0) is 37.4 Å². The molecule has 86 valence electrons. The fraction of sp³-hybridized carbons (Fsp3) is 0.462. The van der Waals surface area contributed by atoms with E-state index in [0.29, 0.717) is 5.02 Å². The van der Waals surface area contributed by atoms with Crippen LogP contribution >= 0.6 is 11.6 Å². The van der Waals surface area contributed by atoms with Crippen LogP contribution in [0.25, 0.3) is 0 Å². The number of hydrogen-bond acceptors (Lipinski definition) is 2. The Balaban J connectivity index is 2.20. The first kappa shape index (κ1) is 11.6. The van der Waals surface area contributed by atoms with E-state index in [0.717, 1.165) is 36.9 Å². The quantitative estimate of drug-likeness (QED) is 0.820. The minimum absolute atomic E-state index is 0.0106. The van der Waals surface area contributed by atoms with Gasteiger partial charge in [-0.1, -0.05) is 30.7 Å². The Hall–Kier alpha value is -0.860. The van der Waals surface area contributed by atoms with E-state index in [4.69, 9.17) is 11.6 Å². The van der Waals surface area contributed by atoms with Crippen molar-refractivity contribution in [3.05, 3.63) is 34.3 Å². The van der Waals surface area contributed by atoms with E-state index in [-0.39, 0.29) is 11.8 Å². The van der Waals surface area contributed by atoms with Crippen LogP contribution in [0.2, 0.25) is 5.02 Å². The summed E-state index contributed by atoms with van der Waals surface area (Å²) in [6.45, 7) is 3.00. The molecule has 0 saturated carbocycles. The third kappa shape index (κ3) is 2.28. The molecule has 3 heteroatoms. The topological polar surface area (TPSA) is 29.1 Å². The number of benzene rings is 1. The van der Waals surface area contributed by atoms with Crippen LogP contribution in [0.5, 0.6) is 0 Å². The van der Waals surface area contributed by atoms with Crippen molar-refractivity contribution in [2.45, 2.75) is 32.2 Å². The molecule has 0 bridgehead atoms. The first-order valence-electron chi connectivity index (χ1n) is 5.78. The summed E-state index contributed by atoms with van der Waals surface area (Å²) in [5.41, 5.74) is 1.82. The number of aryl methyl sites for hydroxylation is 1. The Morgan fingerprint density at radius 3 is 2.94 bits per heavy atom. The molecular weight excluding hydrogens is 222 g/mol. The molecule has 0 aliphatic carbocycles. The Morgan fingerprint density at radius 2 is 2.38 bits per heavy atom. The lowest BCUT2D eigenvalue weighted by Gasteiger charge is -2.10. The lowest BCUT2D eigenvalue weighted by molar-refractivity contribution is 0.0952. The Kier molecular flexibility index (Phi) is 3.62. The molecule has 1 aliphatic rings. The number of ketones is 1. The molecular formula is C13H16ClNO. The average Bonchev–Trinajstić information content (AvgIpc) is 2.81. The highest BCUT2D eigenvalue weighted by Crippen LogP contribution is 2.20. The van der Waals surface area contributed by atoms with Gasteiger partial charge in [0.15, 0.2) is 5.78 Å². The summed E-state index contributed by atoms with van der Waals surface area (Å²) >= 11 is 6.11. The predicted molar refractivity (Wildman–Crippen MR) is 66.2 cm³/mol. The van der Waals surface area contributed by atoms with Gasteiger partial charge in [0.2, 0.25) is 0 Å². The van der Waals surface area contributed by atoms with Gasteiger partial charge in [-0.2, -0.15) is 0 Å². The van der Waals surface area contributed by atoms with E-state index < -0.39 is 0 Å². The van der Waals surface area contributed by atoms with Gasteiger partial charge in [0.25, 0.3) is 0 Å². The number of Topliss-reactive ketones (excluding diaryl/α,β-unsaturated/α-hetero) is 1. The van der Waals surface area contributed by atoms with Crippen LogP contribution in [0.15, 0.2) is 18.2 Å². The van der Waals surface area contributed by atoms with E-state index in [9.17, 15) is 4.79 Å². The average molecular weight is 238 g/mol. The largest absolute Gasteiger partial charge is 0.307 e. The molecule has 2 nitrogen and oxygen atoms in total. The van der Waals surface area contributed by atoms with Crippen LogP contribution in [0.3, 0.4) is 0 Å². The fourth-order valence-corrected chi connectivity index (χ4v) is 2.41. The summed E-state index contributed by atoms with van der Waals surface area (Å²) in [6, 6.07) is 5.61. The maximum absolute atomic E-state index is 12.1. The Labute approximate surface area is 101 Å². The summed E-state index contributed by atoms with van der Waals surface area (Å²) < 4.78 is 0. The number of rotatable bonds is 3. The van der Waals surface area contributed by atoms with Crippen LogP contribution < -0.4 is 5.32 Å². The van der Waals surface area contributed by atoms with Gasteiger partial charge < -0.3 is 5.32 Å². The zero-order valence-corrected chi connectivity index (χ0v) is 10.2. The maximum Gasteiger partial charge on any atom is 0.179 e. The molecule has 1 saturated heterocycles. The monoisotopic (exact) mass is 237 g/mol. The third-order valence-electron chi connectivity index (χ3n) is 3.10. The van der Waals surface area contributed by atoms with Crippen LogP contribution in [-0.4, -0.2) is 18.4 Å². The minimum Gasteiger partial charge on any atom is -0.307 e. The third-order valence-corrected chi connectivity index (χ3v) is 3.45. The van der Waals surface area contributed by atoms with Crippen LogP contribution in [0.4, 0.5) is 0 Å². The number of carbonyl (C=O) groups excluding carboxylic acids is 1. The number of nitrogens with one attached hydrogen (secondary N) is 1. The summed E-state index contributed by atoms with van der Waals surface area (Å²) in [7, 11) is 0. The predicted octanol–water partition coefficient (Wildman–Crippen LogP) is 2.84. The summed E-state index contributed by atoms with van der Waals surface area (Å²) in [6.07, 6.45) is 2.91. The first-order valence-corrected chi connectivity index (χ1v) is 6.16. The summed E-state index contributed by atoms with van der Waals surface area (Å²) in [5, 5.41) is 3.91. The second-order valence-corrected chi connectivity index (χ2v) is 4.58. The van der Waals surface area contributed by atoms with Gasteiger partial charge in [-0.3, -0.25) is 4.79 Å². The van der Waals surface area contributed by atoms with Gasteiger partial charge in [0, 0.05) is 10.6 Å². The smallest absolute Gasteiger partial charge is 0.179 e. The molecule has 1 fully saturated rings. The van der Waals surface area contributed by atoms with Gasteiger partial charge in [0.05, 0.1) is 6.04 Å². The molecule has 1 N–H and O–H groups in total. The summed E-state index contributed by atoms with van der Waals surface area (Å²) in [5.74, 6) is 0.169. The lowest BCUT2D eigenvalue weighted by Crippen LogP contribution is -2.30.